The predicted molar refractivity (Wildman–Crippen MR) is 57.4 cm³/mol. The number of aromatic nitrogens is 3. The van der Waals surface area contributed by atoms with Gasteiger partial charge in [-0.1, -0.05) is 0 Å². The van der Waals surface area contributed by atoms with Gasteiger partial charge < -0.3 is 5.32 Å². The van der Waals surface area contributed by atoms with E-state index in [0.29, 0.717) is 0 Å². The third-order valence-corrected chi connectivity index (χ3v) is 2.03. The Labute approximate surface area is 99.0 Å². The molecule has 0 aliphatic heterocycles. The highest BCUT2D eigenvalue weighted by atomic mass is 19.1. The monoisotopic (exact) mass is 251 g/mol. The molecule has 0 atom stereocenters. The second kappa shape index (κ2) is 4.57. The largest absolute Gasteiger partial charge is 0.319 e. The summed E-state index contributed by atoms with van der Waals surface area (Å²) < 4.78 is 13.3. The molecule has 1 amide bonds. The lowest BCUT2D eigenvalue weighted by molar-refractivity contribution is -0.387. The first kappa shape index (κ1) is 11.6. The normalized spacial score (nSPS) is 10.1. The second-order valence-electron chi connectivity index (χ2n) is 3.21. The number of carbonyl (C=O) groups is 1. The van der Waals surface area contributed by atoms with E-state index in [2.05, 4.69) is 20.5 Å². The van der Waals surface area contributed by atoms with Crippen LogP contribution in [0, 0.1) is 15.9 Å². The molecule has 0 aliphatic carbocycles. The van der Waals surface area contributed by atoms with E-state index in [9.17, 15) is 19.3 Å². The molecule has 9 heteroatoms. The summed E-state index contributed by atoms with van der Waals surface area (Å²) in [5, 5.41) is 18.5. The number of halogens is 1. The van der Waals surface area contributed by atoms with E-state index in [1.54, 1.807) is 0 Å². The highest BCUT2D eigenvalue weighted by molar-refractivity contribution is 6.01. The lowest BCUT2D eigenvalue weighted by atomic mass is 10.2. The number of nitrogens with zero attached hydrogens (tertiary/aromatic N) is 3. The number of aromatic amines is 1. The number of nitrogens with one attached hydrogen (secondary N) is 2. The van der Waals surface area contributed by atoms with Crippen molar-refractivity contribution in [1.29, 1.82) is 0 Å². The van der Waals surface area contributed by atoms with Crippen LogP contribution in [0.25, 0.3) is 0 Å². The third-order valence-electron chi connectivity index (χ3n) is 2.03. The Hall–Kier alpha value is -2.84. The Bertz CT molecular complexity index is 598. The van der Waals surface area contributed by atoms with Gasteiger partial charge in [-0.3, -0.25) is 20.0 Å². The van der Waals surface area contributed by atoms with Crippen LogP contribution < -0.4 is 5.32 Å². The van der Waals surface area contributed by atoms with Gasteiger partial charge in [0.05, 0.1) is 4.92 Å². The molecule has 2 aromatic rings. The van der Waals surface area contributed by atoms with Crippen molar-refractivity contribution in [3.05, 3.63) is 46.3 Å². The molecule has 0 fully saturated rings. The van der Waals surface area contributed by atoms with Gasteiger partial charge in [0.15, 0.2) is 0 Å². The fourth-order valence-electron chi connectivity index (χ4n) is 1.24. The average Bonchev–Trinajstić information content (AvgIpc) is 2.81. The van der Waals surface area contributed by atoms with Gasteiger partial charge in [-0.15, -0.1) is 0 Å². The molecule has 0 saturated carbocycles. The first-order chi connectivity index (χ1) is 8.58. The summed E-state index contributed by atoms with van der Waals surface area (Å²) in [4.78, 5) is 24.7. The number of hydrogen-bond donors (Lipinski definition) is 2. The minimum absolute atomic E-state index is 0.0474. The number of carbonyl (C=O) groups excluding carboxylic acids is 1. The zero-order chi connectivity index (χ0) is 13.1. The van der Waals surface area contributed by atoms with Crippen molar-refractivity contribution >= 4 is 17.3 Å². The number of benzene rings is 1. The van der Waals surface area contributed by atoms with Crippen LogP contribution in [0.4, 0.5) is 15.8 Å². The maximum atomic E-state index is 13.3. The van der Waals surface area contributed by atoms with Gasteiger partial charge in [0, 0.05) is 17.8 Å². The summed E-state index contributed by atoms with van der Waals surface area (Å²) in [6.45, 7) is 0. The van der Waals surface area contributed by atoms with Crippen LogP contribution in [0.2, 0.25) is 0 Å². The Morgan fingerprint density at radius 1 is 1.50 bits per heavy atom. The van der Waals surface area contributed by atoms with E-state index in [-0.39, 0.29) is 11.5 Å². The third kappa shape index (κ3) is 2.29. The highest BCUT2D eigenvalue weighted by Gasteiger charge is 2.15. The van der Waals surface area contributed by atoms with Crippen molar-refractivity contribution in [2.75, 3.05) is 5.32 Å². The van der Waals surface area contributed by atoms with Crippen LogP contribution in [0.3, 0.4) is 0 Å². The molecule has 0 unspecified atom stereocenters. The van der Waals surface area contributed by atoms with E-state index in [1.807, 2.05) is 0 Å². The van der Waals surface area contributed by atoms with Gasteiger partial charge in [0.25, 0.3) is 5.91 Å². The number of nitro groups is 1. The van der Waals surface area contributed by atoms with Gasteiger partial charge in [-0.05, 0) is 6.07 Å². The molecule has 18 heavy (non-hydrogen) atoms. The van der Waals surface area contributed by atoms with Crippen LogP contribution in [-0.2, 0) is 0 Å². The zero-order valence-corrected chi connectivity index (χ0v) is 8.75. The molecule has 8 nitrogen and oxygen atoms in total. The lowest BCUT2D eigenvalue weighted by Crippen LogP contribution is -2.14. The van der Waals surface area contributed by atoms with Gasteiger partial charge in [-0.2, -0.15) is 9.49 Å². The molecule has 1 aromatic carbocycles. The van der Waals surface area contributed by atoms with E-state index in [0.717, 1.165) is 18.5 Å². The molecular formula is C9H6FN5O3. The zero-order valence-electron chi connectivity index (χ0n) is 8.75. The van der Waals surface area contributed by atoms with Crippen molar-refractivity contribution in [1.82, 2.24) is 15.2 Å². The van der Waals surface area contributed by atoms with Crippen LogP contribution in [0.15, 0.2) is 24.5 Å². The fraction of sp³-hybridized carbons (Fsp3) is 0. The molecule has 0 spiro atoms. The Morgan fingerprint density at radius 2 is 2.28 bits per heavy atom. The Kier molecular flexibility index (Phi) is 2.96. The first-order valence-electron chi connectivity index (χ1n) is 4.68. The average molecular weight is 251 g/mol. The summed E-state index contributed by atoms with van der Waals surface area (Å²) >= 11 is 0. The summed E-state index contributed by atoms with van der Waals surface area (Å²) in [5.41, 5.74) is -0.577. The van der Waals surface area contributed by atoms with Crippen LogP contribution >= 0.6 is 0 Å². The molecule has 0 aliphatic rings. The molecule has 2 N–H and O–H groups in total. The van der Waals surface area contributed by atoms with Crippen LogP contribution in [-0.4, -0.2) is 26.0 Å². The molecule has 0 radical (unpaired) electrons. The van der Waals surface area contributed by atoms with Gasteiger partial charge >= 0.3 is 5.69 Å². The van der Waals surface area contributed by atoms with E-state index >= 15 is 0 Å². The quantitative estimate of drug-likeness (QED) is 0.626. The Morgan fingerprint density at radius 3 is 2.83 bits per heavy atom. The molecule has 92 valence electrons. The topological polar surface area (TPSA) is 114 Å². The standard InChI is InChI=1S/C9H6FN5O3/c10-6-3-5(1-2-7(6)15(17)18)13-9(16)8-11-4-12-14-8/h1-4H,(H,13,16)(H,11,12,14). The van der Waals surface area contributed by atoms with Crippen molar-refractivity contribution in [3.63, 3.8) is 0 Å². The lowest BCUT2D eigenvalue weighted by Gasteiger charge is -2.02. The minimum Gasteiger partial charge on any atom is -0.319 e. The van der Waals surface area contributed by atoms with Gasteiger partial charge in [0.1, 0.15) is 6.33 Å². The smallest absolute Gasteiger partial charge is 0.304 e. The number of hydrogen-bond acceptors (Lipinski definition) is 5. The first-order valence-corrected chi connectivity index (χ1v) is 4.68. The number of rotatable bonds is 3. The van der Waals surface area contributed by atoms with E-state index in [1.165, 1.54) is 6.07 Å². The number of H-pyrrole nitrogens is 1. The molecule has 1 heterocycles. The molecule has 0 saturated heterocycles. The van der Waals surface area contributed by atoms with Crippen LogP contribution in [0.1, 0.15) is 10.6 Å². The predicted octanol–water partition coefficient (Wildman–Crippen LogP) is 1.10. The summed E-state index contributed by atoms with van der Waals surface area (Å²) in [6.07, 6.45) is 1.14. The molecular weight excluding hydrogens is 245 g/mol. The minimum atomic E-state index is -1.03. The van der Waals surface area contributed by atoms with Crippen molar-refractivity contribution in [2.45, 2.75) is 0 Å². The summed E-state index contributed by atoms with van der Waals surface area (Å²) in [5.74, 6) is -1.70. The maximum Gasteiger partial charge on any atom is 0.304 e. The van der Waals surface area contributed by atoms with Gasteiger partial charge in [-0.25, -0.2) is 4.98 Å². The van der Waals surface area contributed by atoms with E-state index in [4.69, 9.17) is 0 Å². The summed E-state index contributed by atoms with van der Waals surface area (Å²) in [6, 6.07) is 3.03. The number of nitro benzene ring substituents is 1. The fourth-order valence-corrected chi connectivity index (χ4v) is 1.24. The molecule has 1 aromatic heterocycles. The highest BCUT2D eigenvalue weighted by Crippen LogP contribution is 2.20. The van der Waals surface area contributed by atoms with Crippen molar-refractivity contribution in [3.8, 4) is 0 Å². The van der Waals surface area contributed by atoms with Crippen LogP contribution in [0.5, 0.6) is 0 Å². The number of amides is 1. The van der Waals surface area contributed by atoms with E-state index < -0.39 is 22.3 Å². The molecule has 2 rings (SSSR count). The number of anilines is 1. The summed E-state index contributed by atoms with van der Waals surface area (Å²) in [7, 11) is 0. The van der Waals surface area contributed by atoms with Crippen molar-refractivity contribution in [2.24, 2.45) is 0 Å². The Balaban J connectivity index is 2.18. The SMILES string of the molecule is O=C(Nc1ccc([N+](=O)[O-])c(F)c1)c1ncn[nH]1. The maximum absolute atomic E-state index is 13.3. The molecule has 0 bridgehead atoms. The van der Waals surface area contributed by atoms with Gasteiger partial charge in [0.2, 0.25) is 11.6 Å². The second-order valence-corrected chi connectivity index (χ2v) is 3.21. The van der Waals surface area contributed by atoms with Crippen molar-refractivity contribution < 1.29 is 14.1 Å².